The molecule has 1 heterocycles. The van der Waals surface area contributed by atoms with Crippen LogP contribution in [0.1, 0.15) is 15.9 Å². The van der Waals surface area contributed by atoms with Crippen LogP contribution in [0.15, 0.2) is 78.9 Å². The van der Waals surface area contributed by atoms with Gasteiger partial charge in [0, 0.05) is 47.1 Å². The molecule has 1 saturated heterocycles. The zero-order chi connectivity index (χ0) is 23.2. The molecule has 3 aromatic rings. The summed E-state index contributed by atoms with van der Waals surface area (Å²) in [5.74, 6) is -0.163. The fourth-order valence-electron chi connectivity index (χ4n) is 3.65. The van der Waals surface area contributed by atoms with Crippen LogP contribution >= 0.6 is 34.2 Å². The number of nitrogens with zero attached hydrogens (tertiary/aromatic N) is 2. The predicted octanol–water partition coefficient (Wildman–Crippen LogP) is 5.56. The van der Waals surface area contributed by atoms with Gasteiger partial charge in [-0.15, -0.1) is 0 Å². The van der Waals surface area contributed by atoms with E-state index in [1.807, 2.05) is 65.6 Å². The van der Waals surface area contributed by atoms with E-state index in [2.05, 4.69) is 32.8 Å². The number of rotatable bonds is 5. The van der Waals surface area contributed by atoms with Gasteiger partial charge >= 0.3 is 0 Å². The Labute approximate surface area is 212 Å². The smallest absolute Gasteiger partial charge is 0.255 e. The number of hydrogen-bond donors (Lipinski definition) is 1. The molecular formula is C26H23ClIN3O2. The lowest BCUT2D eigenvalue weighted by molar-refractivity contribution is -0.126. The van der Waals surface area contributed by atoms with Crippen molar-refractivity contribution in [1.29, 1.82) is 0 Å². The third-order valence-electron chi connectivity index (χ3n) is 5.46. The molecule has 4 rings (SSSR count). The molecule has 0 unspecified atom stereocenters. The second-order valence-electron chi connectivity index (χ2n) is 7.68. The molecule has 1 fully saturated rings. The number of carbonyl (C=O) groups is 2. The van der Waals surface area contributed by atoms with E-state index in [0.29, 0.717) is 42.5 Å². The lowest BCUT2D eigenvalue weighted by atomic mass is 10.2. The SMILES string of the molecule is O=C(Nc1ccc(N2CCN(C(=O)/C=C/c3ccccc3)CC2)c(Cl)c1)c1ccc(I)cc1. The average Bonchev–Trinajstić information content (AvgIpc) is 2.84. The van der Waals surface area contributed by atoms with Crippen LogP contribution in [0, 0.1) is 3.57 Å². The van der Waals surface area contributed by atoms with Crippen LogP contribution in [0.5, 0.6) is 0 Å². The van der Waals surface area contributed by atoms with Crippen molar-refractivity contribution in [2.45, 2.75) is 0 Å². The number of carbonyl (C=O) groups excluding carboxylic acids is 2. The Morgan fingerprint density at radius 2 is 1.61 bits per heavy atom. The highest BCUT2D eigenvalue weighted by Crippen LogP contribution is 2.30. The highest BCUT2D eigenvalue weighted by atomic mass is 127. The van der Waals surface area contributed by atoms with E-state index in [9.17, 15) is 9.59 Å². The molecular weight excluding hydrogens is 549 g/mol. The van der Waals surface area contributed by atoms with E-state index in [1.54, 1.807) is 24.3 Å². The summed E-state index contributed by atoms with van der Waals surface area (Å²) in [5.41, 5.74) is 3.14. The van der Waals surface area contributed by atoms with Crippen molar-refractivity contribution in [2.75, 3.05) is 36.4 Å². The van der Waals surface area contributed by atoms with Crippen molar-refractivity contribution in [3.05, 3.63) is 98.6 Å². The molecule has 0 bridgehead atoms. The van der Waals surface area contributed by atoms with Gasteiger partial charge < -0.3 is 15.1 Å². The molecule has 7 heteroatoms. The molecule has 0 aromatic heterocycles. The Bertz CT molecular complexity index is 1160. The second-order valence-corrected chi connectivity index (χ2v) is 9.34. The third kappa shape index (κ3) is 6.15. The van der Waals surface area contributed by atoms with Gasteiger partial charge in [-0.3, -0.25) is 9.59 Å². The Morgan fingerprint density at radius 1 is 0.909 bits per heavy atom. The first kappa shape index (κ1) is 23.3. The lowest BCUT2D eigenvalue weighted by Gasteiger charge is -2.36. The van der Waals surface area contributed by atoms with Gasteiger partial charge in [-0.25, -0.2) is 0 Å². The first-order valence-electron chi connectivity index (χ1n) is 10.6. The molecule has 5 nitrogen and oxygen atoms in total. The maximum Gasteiger partial charge on any atom is 0.255 e. The standard InChI is InChI=1S/C26H23ClIN3O2/c27-23-18-22(29-26(33)20-7-9-21(28)10-8-20)11-12-24(23)30-14-16-31(17-15-30)25(32)13-6-19-4-2-1-3-5-19/h1-13,18H,14-17H2,(H,29,33)/b13-6+. The van der Waals surface area contributed by atoms with Crippen molar-refractivity contribution in [1.82, 2.24) is 4.90 Å². The molecule has 0 spiro atoms. The molecule has 0 saturated carbocycles. The normalized spacial score (nSPS) is 13.9. The highest BCUT2D eigenvalue weighted by Gasteiger charge is 2.21. The number of hydrogen-bond acceptors (Lipinski definition) is 3. The Kier molecular flexibility index (Phi) is 7.67. The number of amides is 2. The Balaban J connectivity index is 1.33. The van der Waals surface area contributed by atoms with Gasteiger partial charge in [0.05, 0.1) is 10.7 Å². The summed E-state index contributed by atoms with van der Waals surface area (Å²) in [4.78, 5) is 29.0. The van der Waals surface area contributed by atoms with Crippen molar-refractivity contribution < 1.29 is 9.59 Å². The van der Waals surface area contributed by atoms with Crippen LogP contribution < -0.4 is 10.2 Å². The molecule has 0 radical (unpaired) electrons. The van der Waals surface area contributed by atoms with Gasteiger partial charge in [-0.2, -0.15) is 0 Å². The zero-order valence-corrected chi connectivity index (χ0v) is 20.8. The van der Waals surface area contributed by atoms with Gasteiger partial charge in [0.15, 0.2) is 0 Å². The zero-order valence-electron chi connectivity index (χ0n) is 17.9. The topological polar surface area (TPSA) is 52.7 Å². The Morgan fingerprint density at radius 3 is 2.27 bits per heavy atom. The summed E-state index contributed by atoms with van der Waals surface area (Å²) >= 11 is 8.75. The fourth-order valence-corrected chi connectivity index (χ4v) is 4.31. The molecule has 168 valence electrons. The van der Waals surface area contributed by atoms with Crippen LogP contribution in [-0.4, -0.2) is 42.9 Å². The quantitative estimate of drug-likeness (QED) is 0.322. The van der Waals surface area contributed by atoms with Gasteiger partial charge in [0.2, 0.25) is 5.91 Å². The minimum absolute atomic E-state index is 0.0123. The lowest BCUT2D eigenvalue weighted by Crippen LogP contribution is -2.48. The number of nitrogens with one attached hydrogen (secondary N) is 1. The second kappa shape index (κ2) is 10.9. The summed E-state index contributed by atoms with van der Waals surface area (Å²) in [6.45, 7) is 2.64. The number of piperazine rings is 1. The van der Waals surface area contributed by atoms with Crippen LogP contribution in [-0.2, 0) is 4.79 Å². The van der Waals surface area contributed by atoms with E-state index in [-0.39, 0.29) is 11.8 Å². The Hall–Kier alpha value is -2.84. The largest absolute Gasteiger partial charge is 0.367 e. The van der Waals surface area contributed by atoms with Crippen LogP contribution in [0.2, 0.25) is 5.02 Å². The summed E-state index contributed by atoms with van der Waals surface area (Å²) in [6.07, 6.45) is 3.47. The van der Waals surface area contributed by atoms with Gasteiger partial charge in [-0.1, -0.05) is 41.9 Å². The minimum Gasteiger partial charge on any atom is -0.367 e. The maximum absolute atomic E-state index is 12.5. The summed E-state index contributed by atoms with van der Waals surface area (Å²) in [7, 11) is 0. The minimum atomic E-state index is -0.175. The van der Waals surface area contributed by atoms with E-state index >= 15 is 0 Å². The van der Waals surface area contributed by atoms with Crippen molar-refractivity contribution >= 4 is 63.5 Å². The molecule has 1 N–H and O–H groups in total. The molecule has 1 aliphatic rings. The third-order valence-corrected chi connectivity index (χ3v) is 6.48. The summed E-state index contributed by atoms with van der Waals surface area (Å²) in [5, 5.41) is 3.46. The van der Waals surface area contributed by atoms with Gasteiger partial charge in [-0.05, 0) is 76.7 Å². The first-order valence-corrected chi connectivity index (χ1v) is 12.1. The molecule has 2 amide bonds. The first-order chi connectivity index (χ1) is 16.0. The van der Waals surface area contributed by atoms with E-state index in [4.69, 9.17) is 11.6 Å². The van der Waals surface area contributed by atoms with E-state index in [1.165, 1.54) is 0 Å². The van der Waals surface area contributed by atoms with Crippen molar-refractivity contribution in [3.63, 3.8) is 0 Å². The monoisotopic (exact) mass is 571 g/mol. The van der Waals surface area contributed by atoms with E-state index < -0.39 is 0 Å². The number of anilines is 2. The highest BCUT2D eigenvalue weighted by molar-refractivity contribution is 14.1. The average molecular weight is 572 g/mol. The van der Waals surface area contributed by atoms with Gasteiger partial charge in [0.25, 0.3) is 5.91 Å². The summed E-state index contributed by atoms with van der Waals surface area (Å²) < 4.78 is 1.07. The van der Waals surface area contributed by atoms with E-state index in [0.717, 1.165) is 14.8 Å². The van der Waals surface area contributed by atoms with Crippen molar-refractivity contribution in [2.24, 2.45) is 0 Å². The van der Waals surface area contributed by atoms with Crippen LogP contribution in [0.25, 0.3) is 6.08 Å². The molecule has 33 heavy (non-hydrogen) atoms. The maximum atomic E-state index is 12.5. The summed E-state index contributed by atoms with van der Waals surface area (Å²) in [6, 6.07) is 22.7. The fraction of sp³-hybridized carbons (Fsp3) is 0.154. The molecule has 3 aromatic carbocycles. The van der Waals surface area contributed by atoms with Crippen molar-refractivity contribution in [3.8, 4) is 0 Å². The van der Waals surface area contributed by atoms with Crippen LogP contribution in [0.4, 0.5) is 11.4 Å². The number of benzene rings is 3. The molecule has 0 atom stereocenters. The predicted molar refractivity (Wildman–Crippen MR) is 143 cm³/mol. The van der Waals surface area contributed by atoms with Crippen LogP contribution in [0.3, 0.4) is 0 Å². The molecule has 0 aliphatic carbocycles. The molecule has 1 aliphatic heterocycles. The number of halogens is 2. The van der Waals surface area contributed by atoms with Gasteiger partial charge in [0.1, 0.15) is 0 Å².